The van der Waals surface area contributed by atoms with E-state index in [9.17, 15) is 4.79 Å². The van der Waals surface area contributed by atoms with Gasteiger partial charge >= 0.3 is 0 Å². The summed E-state index contributed by atoms with van der Waals surface area (Å²) in [5.41, 5.74) is 1.65. The minimum absolute atomic E-state index is 0.0602. The van der Waals surface area contributed by atoms with Crippen molar-refractivity contribution >= 4 is 5.91 Å². The molecule has 0 radical (unpaired) electrons. The second kappa shape index (κ2) is 7.93. The van der Waals surface area contributed by atoms with Crippen molar-refractivity contribution in [2.24, 2.45) is 0 Å². The summed E-state index contributed by atoms with van der Waals surface area (Å²) in [6.07, 6.45) is 5.09. The molecule has 0 aliphatic rings. The number of nitrogens with zero attached hydrogens (tertiary/aromatic N) is 4. The highest BCUT2D eigenvalue weighted by Crippen LogP contribution is 2.22. The van der Waals surface area contributed by atoms with Gasteiger partial charge in [-0.05, 0) is 44.8 Å². The van der Waals surface area contributed by atoms with Crippen molar-refractivity contribution in [1.82, 2.24) is 25.0 Å². The van der Waals surface area contributed by atoms with Crippen molar-refractivity contribution in [2.75, 3.05) is 14.1 Å². The van der Waals surface area contributed by atoms with E-state index in [1.807, 2.05) is 39.2 Å². The molecule has 6 nitrogen and oxygen atoms in total. The highest BCUT2D eigenvalue weighted by Gasteiger charge is 2.24. The molecule has 2 atom stereocenters. The third-order valence-corrected chi connectivity index (χ3v) is 4.28. The third-order valence-electron chi connectivity index (χ3n) is 4.28. The number of carbonyl (C=O) groups is 1. The molecule has 134 valence electrons. The molecule has 1 N–H and O–H groups in total. The molecule has 0 spiro atoms. The Morgan fingerprint density at radius 3 is 2.50 bits per heavy atom. The van der Waals surface area contributed by atoms with E-state index in [4.69, 9.17) is 0 Å². The van der Waals surface area contributed by atoms with Crippen LogP contribution in [0.5, 0.6) is 0 Å². The van der Waals surface area contributed by atoms with E-state index in [2.05, 4.69) is 32.4 Å². The van der Waals surface area contributed by atoms with Crippen molar-refractivity contribution in [1.29, 1.82) is 0 Å². The lowest BCUT2D eigenvalue weighted by molar-refractivity contribution is 0.0915. The summed E-state index contributed by atoms with van der Waals surface area (Å²) < 4.78 is 1.60. The molecule has 1 amide bonds. The Kier molecular flexibility index (Phi) is 5.43. The summed E-state index contributed by atoms with van der Waals surface area (Å²) in [6, 6.07) is 15.5. The zero-order valence-corrected chi connectivity index (χ0v) is 15.2. The number of hydrogen-bond acceptors (Lipinski definition) is 4. The molecule has 0 saturated carbocycles. The van der Waals surface area contributed by atoms with Gasteiger partial charge in [0, 0.05) is 24.6 Å². The number of likely N-dealkylation sites (N-methyl/N-ethyl adjacent to an activating group) is 1. The van der Waals surface area contributed by atoms with Gasteiger partial charge < -0.3 is 10.2 Å². The maximum absolute atomic E-state index is 12.9. The van der Waals surface area contributed by atoms with Crippen LogP contribution in [-0.4, -0.2) is 45.7 Å². The summed E-state index contributed by atoms with van der Waals surface area (Å²) >= 11 is 0. The average Bonchev–Trinajstić information content (AvgIpc) is 3.17. The summed E-state index contributed by atoms with van der Waals surface area (Å²) in [6.45, 7) is 2.01. The number of hydrogen-bond donors (Lipinski definition) is 1. The van der Waals surface area contributed by atoms with Crippen LogP contribution in [0.4, 0.5) is 0 Å². The SMILES string of the molecule is C[C@H](NC(=O)c1cccnc1-n1cccn1)[C@H](c1ccccc1)N(C)C. The molecule has 3 aromatic rings. The number of benzene rings is 1. The maximum atomic E-state index is 12.9. The zero-order valence-electron chi connectivity index (χ0n) is 15.2. The molecule has 2 aromatic heterocycles. The van der Waals surface area contributed by atoms with Crippen LogP contribution in [0.15, 0.2) is 67.1 Å². The fraction of sp³-hybridized carbons (Fsp3) is 0.250. The summed E-state index contributed by atoms with van der Waals surface area (Å²) in [5, 5.41) is 7.30. The van der Waals surface area contributed by atoms with Gasteiger partial charge in [-0.1, -0.05) is 30.3 Å². The van der Waals surface area contributed by atoms with Crippen molar-refractivity contribution in [3.05, 3.63) is 78.2 Å². The van der Waals surface area contributed by atoms with Gasteiger partial charge in [0.15, 0.2) is 5.82 Å². The standard InChI is InChI=1S/C20H23N5O/c1-15(18(24(2)3)16-9-5-4-6-10-16)23-20(26)17-11-7-12-21-19(17)25-14-8-13-22-25/h4-15,18H,1-3H3,(H,23,26)/t15-,18+/m0/s1. The van der Waals surface area contributed by atoms with E-state index in [0.717, 1.165) is 5.56 Å². The van der Waals surface area contributed by atoms with Crippen LogP contribution in [0, 0.1) is 0 Å². The molecular formula is C20H23N5O. The van der Waals surface area contributed by atoms with Gasteiger partial charge in [0.2, 0.25) is 0 Å². The number of nitrogens with one attached hydrogen (secondary N) is 1. The first-order valence-corrected chi connectivity index (χ1v) is 8.55. The molecular weight excluding hydrogens is 326 g/mol. The summed E-state index contributed by atoms with van der Waals surface area (Å²) in [4.78, 5) is 19.3. The van der Waals surface area contributed by atoms with E-state index in [0.29, 0.717) is 11.4 Å². The fourth-order valence-electron chi connectivity index (χ4n) is 3.20. The summed E-state index contributed by atoms with van der Waals surface area (Å²) in [7, 11) is 4.03. The Bertz CT molecular complexity index is 846. The minimum atomic E-state index is -0.168. The summed E-state index contributed by atoms with van der Waals surface area (Å²) in [5.74, 6) is 0.349. The first-order chi connectivity index (χ1) is 12.6. The molecule has 26 heavy (non-hydrogen) atoms. The predicted molar refractivity (Wildman–Crippen MR) is 101 cm³/mol. The first kappa shape index (κ1) is 17.8. The largest absolute Gasteiger partial charge is 0.348 e. The molecule has 0 bridgehead atoms. The van der Waals surface area contributed by atoms with Gasteiger partial charge in [-0.15, -0.1) is 0 Å². The Hall–Kier alpha value is -2.99. The lowest BCUT2D eigenvalue weighted by Crippen LogP contribution is -2.42. The van der Waals surface area contributed by atoms with Gasteiger partial charge in [0.25, 0.3) is 5.91 Å². The zero-order chi connectivity index (χ0) is 18.5. The van der Waals surface area contributed by atoms with Gasteiger partial charge in [-0.3, -0.25) is 4.79 Å². The van der Waals surface area contributed by atoms with Gasteiger partial charge in [0.05, 0.1) is 11.6 Å². The molecule has 0 unspecified atom stereocenters. The fourth-order valence-corrected chi connectivity index (χ4v) is 3.20. The lowest BCUT2D eigenvalue weighted by Gasteiger charge is -2.31. The number of rotatable bonds is 6. The molecule has 6 heteroatoms. The molecule has 0 saturated heterocycles. The number of carbonyl (C=O) groups excluding carboxylic acids is 1. The van der Waals surface area contributed by atoms with Crippen LogP contribution >= 0.6 is 0 Å². The topological polar surface area (TPSA) is 63.1 Å². The van der Waals surface area contributed by atoms with Gasteiger partial charge in [-0.2, -0.15) is 5.10 Å². The lowest BCUT2D eigenvalue weighted by atomic mass is 9.99. The van der Waals surface area contributed by atoms with E-state index in [1.165, 1.54) is 0 Å². The molecule has 0 aliphatic heterocycles. The molecule has 1 aromatic carbocycles. The maximum Gasteiger partial charge on any atom is 0.255 e. The minimum Gasteiger partial charge on any atom is -0.348 e. The van der Waals surface area contributed by atoms with Crippen LogP contribution in [0.3, 0.4) is 0 Å². The average molecular weight is 349 g/mol. The Morgan fingerprint density at radius 1 is 1.08 bits per heavy atom. The van der Waals surface area contributed by atoms with Crippen LogP contribution < -0.4 is 5.32 Å². The third kappa shape index (κ3) is 3.81. The molecule has 0 aliphatic carbocycles. The predicted octanol–water partition coefficient (Wildman–Crippen LogP) is 2.69. The number of amides is 1. The number of pyridine rings is 1. The van der Waals surface area contributed by atoms with Crippen molar-refractivity contribution in [2.45, 2.75) is 19.0 Å². The van der Waals surface area contributed by atoms with Gasteiger partial charge in [-0.25, -0.2) is 9.67 Å². The monoisotopic (exact) mass is 349 g/mol. The Balaban J connectivity index is 1.84. The highest BCUT2D eigenvalue weighted by atomic mass is 16.1. The van der Waals surface area contributed by atoms with E-state index in [-0.39, 0.29) is 18.0 Å². The second-order valence-electron chi connectivity index (χ2n) is 6.41. The van der Waals surface area contributed by atoms with Crippen molar-refractivity contribution < 1.29 is 4.79 Å². The van der Waals surface area contributed by atoms with Crippen molar-refractivity contribution in [3.63, 3.8) is 0 Å². The molecule has 2 heterocycles. The highest BCUT2D eigenvalue weighted by molar-refractivity contribution is 5.97. The quantitative estimate of drug-likeness (QED) is 0.743. The Morgan fingerprint density at radius 2 is 1.85 bits per heavy atom. The smallest absolute Gasteiger partial charge is 0.255 e. The van der Waals surface area contributed by atoms with E-state index in [1.54, 1.807) is 41.5 Å². The van der Waals surface area contributed by atoms with Crippen LogP contribution in [0.2, 0.25) is 0 Å². The normalized spacial score (nSPS) is 13.4. The molecule has 0 fully saturated rings. The van der Waals surface area contributed by atoms with E-state index < -0.39 is 0 Å². The number of aromatic nitrogens is 3. The Labute approximate surface area is 153 Å². The van der Waals surface area contributed by atoms with Crippen LogP contribution in [-0.2, 0) is 0 Å². The first-order valence-electron chi connectivity index (χ1n) is 8.55. The van der Waals surface area contributed by atoms with Crippen molar-refractivity contribution in [3.8, 4) is 5.82 Å². The van der Waals surface area contributed by atoms with Gasteiger partial charge in [0.1, 0.15) is 0 Å². The second-order valence-corrected chi connectivity index (χ2v) is 6.41. The van der Waals surface area contributed by atoms with Crippen LogP contribution in [0.1, 0.15) is 28.9 Å². The van der Waals surface area contributed by atoms with Crippen LogP contribution in [0.25, 0.3) is 5.82 Å². The van der Waals surface area contributed by atoms with E-state index >= 15 is 0 Å². The molecule has 3 rings (SSSR count).